The molecule has 0 aliphatic carbocycles. The molecule has 12 heteroatoms. The molecule has 0 aliphatic heterocycles. The van der Waals surface area contributed by atoms with Crippen LogP contribution in [0.5, 0.6) is 11.5 Å². The molecule has 0 aliphatic rings. The van der Waals surface area contributed by atoms with Crippen molar-refractivity contribution in [3.8, 4) is 17.6 Å². The number of aromatic hydroxyl groups is 2. The highest BCUT2D eigenvalue weighted by molar-refractivity contribution is 7.08. The zero-order valence-corrected chi connectivity index (χ0v) is 30.0. The molecule has 5 rings (SSSR count). The largest absolute Gasteiger partial charge is 0.507 e. The van der Waals surface area contributed by atoms with Crippen LogP contribution in [0, 0.1) is 38.0 Å². The van der Waals surface area contributed by atoms with Crippen LogP contribution in [-0.2, 0) is 11.2 Å². The van der Waals surface area contributed by atoms with Crippen molar-refractivity contribution in [2.45, 2.75) is 40.0 Å². The standard InChI is InChI=1S/C41H36N4O7S/c1-23-4-14-33(24(2)37(23)48)45-41(52)32-13-15-34(25(3)38(32)49)44-39(50)28-9-11-31(12-10-28)43-40(51)29(16-18-42)21-36(47)27-7-5-26(6-8-27)20-35(46)30-17-19-53-22-30/h4-15,17,19,22,29,48-49H,16,20-21H2,1-3H3,(H,43,51)(H,44,50)(H,45,52). The van der Waals surface area contributed by atoms with E-state index < -0.39 is 23.6 Å². The van der Waals surface area contributed by atoms with Gasteiger partial charge in [0.05, 0.1) is 17.6 Å². The lowest BCUT2D eigenvalue weighted by Gasteiger charge is -2.15. The number of nitrogens with one attached hydrogen (secondary N) is 3. The summed E-state index contributed by atoms with van der Waals surface area (Å²) in [7, 11) is 0. The fraction of sp³-hybridized carbons (Fsp3) is 0.171. The molecular formula is C41H36N4O7S. The van der Waals surface area contributed by atoms with Gasteiger partial charge in [-0.15, -0.1) is 0 Å². The Bertz CT molecular complexity index is 2240. The first kappa shape index (κ1) is 37.7. The number of phenolic OH excluding ortho intramolecular Hbond substituents is 2. The van der Waals surface area contributed by atoms with Gasteiger partial charge < -0.3 is 26.2 Å². The molecule has 1 heterocycles. The predicted molar refractivity (Wildman–Crippen MR) is 203 cm³/mol. The van der Waals surface area contributed by atoms with Crippen molar-refractivity contribution in [1.29, 1.82) is 5.26 Å². The SMILES string of the molecule is Cc1ccc(NC(=O)c2ccc(NC(=O)c3ccc(NC(=O)C(CC#N)CC(=O)c4ccc(CC(=O)c5ccsc5)cc4)cc3)c(C)c2O)c(C)c1O. The summed E-state index contributed by atoms with van der Waals surface area (Å²) in [6.45, 7) is 4.96. The fourth-order valence-electron chi connectivity index (χ4n) is 5.55. The van der Waals surface area contributed by atoms with Crippen LogP contribution in [0.2, 0.25) is 0 Å². The van der Waals surface area contributed by atoms with Gasteiger partial charge in [-0.25, -0.2) is 0 Å². The minimum atomic E-state index is -0.927. The smallest absolute Gasteiger partial charge is 0.259 e. The molecule has 0 saturated carbocycles. The van der Waals surface area contributed by atoms with E-state index in [1.165, 1.54) is 47.7 Å². The van der Waals surface area contributed by atoms with Crippen LogP contribution in [-0.4, -0.2) is 39.5 Å². The Labute approximate surface area is 309 Å². The van der Waals surface area contributed by atoms with Crippen LogP contribution in [0.3, 0.4) is 0 Å². The van der Waals surface area contributed by atoms with Crippen molar-refractivity contribution in [3.05, 3.63) is 134 Å². The molecule has 5 aromatic rings. The average Bonchev–Trinajstić information content (AvgIpc) is 3.70. The van der Waals surface area contributed by atoms with Crippen molar-refractivity contribution in [1.82, 2.24) is 0 Å². The molecular weight excluding hydrogens is 693 g/mol. The number of carbonyl (C=O) groups is 5. The van der Waals surface area contributed by atoms with Gasteiger partial charge in [-0.3, -0.25) is 24.0 Å². The lowest BCUT2D eigenvalue weighted by atomic mass is 9.94. The van der Waals surface area contributed by atoms with E-state index in [-0.39, 0.29) is 64.7 Å². The highest BCUT2D eigenvalue weighted by atomic mass is 32.1. The van der Waals surface area contributed by atoms with Gasteiger partial charge in [0.2, 0.25) is 5.91 Å². The minimum absolute atomic E-state index is 0.0209. The molecule has 1 unspecified atom stereocenters. The number of hydrogen-bond acceptors (Lipinski definition) is 9. The highest BCUT2D eigenvalue weighted by Crippen LogP contribution is 2.32. The number of carbonyl (C=O) groups excluding carboxylic acids is 5. The number of benzene rings is 4. The Morgan fingerprint density at radius 1 is 0.698 bits per heavy atom. The van der Waals surface area contributed by atoms with Gasteiger partial charge in [0.15, 0.2) is 11.6 Å². The molecule has 0 spiro atoms. The van der Waals surface area contributed by atoms with Crippen LogP contribution in [0.4, 0.5) is 17.1 Å². The molecule has 5 N–H and O–H groups in total. The second-order valence-electron chi connectivity index (χ2n) is 12.5. The zero-order valence-electron chi connectivity index (χ0n) is 29.2. The molecule has 11 nitrogen and oxygen atoms in total. The molecule has 3 amide bonds. The summed E-state index contributed by atoms with van der Waals surface area (Å²) >= 11 is 1.44. The van der Waals surface area contributed by atoms with E-state index in [9.17, 15) is 39.4 Å². The summed E-state index contributed by atoms with van der Waals surface area (Å²) in [4.78, 5) is 64.6. The fourth-order valence-corrected chi connectivity index (χ4v) is 6.21. The number of nitriles is 1. The Morgan fingerprint density at radius 3 is 1.96 bits per heavy atom. The first-order chi connectivity index (χ1) is 25.4. The van der Waals surface area contributed by atoms with Gasteiger partial charge in [-0.2, -0.15) is 16.6 Å². The number of phenols is 2. The van der Waals surface area contributed by atoms with E-state index >= 15 is 0 Å². The van der Waals surface area contributed by atoms with Gasteiger partial charge in [-0.05, 0) is 85.8 Å². The summed E-state index contributed by atoms with van der Waals surface area (Å²) < 4.78 is 0. The number of nitrogens with zero attached hydrogens (tertiary/aromatic N) is 1. The summed E-state index contributed by atoms with van der Waals surface area (Å²) in [6, 6.07) is 22.5. The topological polar surface area (TPSA) is 186 Å². The normalized spacial score (nSPS) is 11.2. The third-order valence-electron chi connectivity index (χ3n) is 8.84. The van der Waals surface area contributed by atoms with Crippen LogP contribution in [0.1, 0.15) is 76.5 Å². The number of hydrogen-bond donors (Lipinski definition) is 5. The summed E-state index contributed by atoms with van der Waals surface area (Å²) in [5.74, 6) is -3.16. The molecule has 0 bridgehead atoms. The number of ketones is 2. The van der Waals surface area contributed by atoms with E-state index in [0.29, 0.717) is 33.6 Å². The monoisotopic (exact) mass is 728 g/mol. The first-order valence-corrected chi connectivity index (χ1v) is 17.5. The number of aryl methyl sites for hydroxylation is 1. The van der Waals surface area contributed by atoms with Gasteiger partial charge >= 0.3 is 0 Å². The second kappa shape index (κ2) is 16.6. The maximum Gasteiger partial charge on any atom is 0.259 e. The molecule has 53 heavy (non-hydrogen) atoms. The molecule has 4 aromatic carbocycles. The van der Waals surface area contributed by atoms with Gasteiger partial charge in [0, 0.05) is 69.5 Å². The molecule has 268 valence electrons. The van der Waals surface area contributed by atoms with Crippen LogP contribution < -0.4 is 16.0 Å². The van der Waals surface area contributed by atoms with E-state index in [0.717, 1.165) is 5.56 Å². The Hall–Kier alpha value is -6.58. The number of Topliss-reactive ketones (excluding diaryl/α,β-unsaturated/α-hetero) is 2. The summed E-state index contributed by atoms with van der Waals surface area (Å²) in [5, 5.41) is 42.1. The third kappa shape index (κ3) is 9.02. The number of anilines is 3. The van der Waals surface area contributed by atoms with Crippen molar-refractivity contribution >= 4 is 57.7 Å². The maximum atomic E-state index is 13.1. The second-order valence-corrected chi connectivity index (χ2v) is 13.3. The molecule has 0 saturated heterocycles. The number of thiophene rings is 1. The maximum absolute atomic E-state index is 13.1. The Balaban J connectivity index is 1.17. The Morgan fingerprint density at radius 2 is 1.32 bits per heavy atom. The average molecular weight is 729 g/mol. The highest BCUT2D eigenvalue weighted by Gasteiger charge is 2.24. The van der Waals surface area contributed by atoms with Crippen LogP contribution in [0.25, 0.3) is 0 Å². The summed E-state index contributed by atoms with van der Waals surface area (Å²) in [5.41, 5.74) is 4.39. The predicted octanol–water partition coefficient (Wildman–Crippen LogP) is 7.76. The van der Waals surface area contributed by atoms with E-state index in [1.807, 2.05) is 11.4 Å². The lowest BCUT2D eigenvalue weighted by molar-refractivity contribution is -0.119. The van der Waals surface area contributed by atoms with Crippen molar-refractivity contribution in [3.63, 3.8) is 0 Å². The van der Waals surface area contributed by atoms with E-state index in [1.54, 1.807) is 68.6 Å². The minimum Gasteiger partial charge on any atom is -0.507 e. The molecule has 1 aromatic heterocycles. The quantitative estimate of drug-likeness (QED) is 0.0762. The van der Waals surface area contributed by atoms with E-state index in [4.69, 9.17) is 0 Å². The Kier molecular flexibility index (Phi) is 11.8. The van der Waals surface area contributed by atoms with Gasteiger partial charge in [-0.1, -0.05) is 30.3 Å². The van der Waals surface area contributed by atoms with Gasteiger partial charge in [0.25, 0.3) is 11.8 Å². The van der Waals surface area contributed by atoms with Crippen LogP contribution in [0.15, 0.2) is 89.6 Å². The van der Waals surface area contributed by atoms with Gasteiger partial charge in [0.1, 0.15) is 11.5 Å². The lowest BCUT2D eigenvalue weighted by Crippen LogP contribution is -2.25. The molecule has 1 atom stereocenters. The third-order valence-corrected chi connectivity index (χ3v) is 9.53. The molecule has 0 fully saturated rings. The molecule has 0 radical (unpaired) electrons. The first-order valence-electron chi connectivity index (χ1n) is 16.6. The van der Waals surface area contributed by atoms with Crippen molar-refractivity contribution < 1.29 is 34.2 Å². The summed E-state index contributed by atoms with van der Waals surface area (Å²) in [6.07, 6.45) is -0.188. The van der Waals surface area contributed by atoms with E-state index in [2.05, 4.69) is 16.0 Å². The van der Waals surface area contributed by atoms with Crippen LogP contribution >= 0.6 is 11.3 Å². The zero-order chi connectivity index (χ0) is 38.2. The van der Waals surface area contributed by atoms with Crippen molar-refractivity contribution in [2.75, 3.05) is 16.0 Å². The number of amides is 3. The van der Waals surface area contributed by atoms with Crippen molar-refractivity contribution in [2.24, 2.45) is 5.92 Å². The number of rotatable bonds is 13.